The van der Waals surface area contributed by atoms with Gasteiger partial charge in [-0.05, 0) is 30.7 Å². The van der Waals surface area contributed by atoms with Gasteiger partial charge in [-0.25, -0.2) is 9.50 Å². The molecule has 0 spiro atoms. The molecular weight excluding hydrogens is 306 g/mol. The molecule has 1 aliphatic rings. The summed E-state index contributed by atoms with van der Waals surface area (Å²) in [4.78, 5) is 15.6. The molecule has 4 N–H and O–H groups in total. The van der Waals surface area contributed by atoms with E-state index in [-0.39, 0.29) is 0 Å². The standard InChI is InChI=1S/C16H19N7O/c17-15(24)13-8-21-23-9-10(5-19-16(13)23)4-18-6-11-2-1-3-14-12(11)7-20-22-14/h5,7-9,11,18H,1-4,6H2,(H2,17,24)(H,20,22). The van der Waals surface area contributed by atoms with Gasteiger partial charge in [0.2, 0.25) is 0 Å². The van der Waals surface area contributed by atoms with Crippen molar-refractivity contribution in [3.05, 3.63) is 47.2 Å². The number of rotatable bonds is 5. The molecule has 1 amide bonds. The van der Waals surface area contributed by atoms with Crippen molar-refractivity contribution in [3.63, 3.8) is 0 Å². The molecule has 4 rings (SSSR count). The second-order valence-corrected chi connectivity index (χ2v) is 6.18. The molecule has 1 aliphatic carbocycles. The van der Waals surface area contributed by atoms with E-state index in [1.165, 1.54) is 30.3 Å². The lowest BCUT2D eigenvalue weighted by atomic mass is 9.87. The Morgan fingerprint density at radius 2 is 2.33 bits per heavy atom. The number of H-pyrrole nitrogens is 1. The Balaban J connectivity index is 1.42. The first kappa shape index (κ1) is 14.8. The van der Waals surface area contributed by atoms with Crippen molar-refractivity contribution >= 4 is 11.6 Å². The van der Waals surface area contributed by atoms with Crippen molar-refractivity contribution in [2.75, 3.05) is 6.54 Å². The average Bonchev–Trinajstić information content (AvgIpc) is 3.21. The van der Waals surface area contributed by atoms with E-state index in [0.29, 0.717) is 23.7 Å². The van der Waals surface area contributed by atoms with Crippen LogP contribution in [0.5, 0.6) is 0 Å². The van der Waals surface area contributed by atoms with Gasteiger partial charge in [0.1, 0.15) is 5.56 Å². The summed E-state index contributed by atoms with van der Waals surface area (Å²) in [6.07, 6.45) is 10.5. The first-order chi connectivity index (χ1) is 11.7. The molecule has 1 atom stereocenters. The summed E-state index contributed by atoms with van der Waals surface area (Å²) >= 11 is 0. The van der Waals surface area contributed by atoms with Gasteiger partial charge in [-0.3, -0.25) is 9.89 Å². The van der Waals surface area contributed by atoms with Crippen LogP contribution in [-0.2, 0) is 13.0 Å². The third-order valence-electron chi connectivity index (χ3n) is 4.57. The fourth-order valence-electron chi connectivity index (χ4n) is 3.34. The monoisotopic (exact) mass is 325 g/mol. The fraction of sp³-hybridized carbons (Fsp3) is 0.375. The van der Waals surface area contributed by atoms with Crippen molar-refractivity contribution in [1.29, 1.82) is 0 Å². The molecule has 0 radical (unpaired) electrons. The van der Waals surface area contributed by atoms with Gasteiger partial charge >= 0.3 is 0 Å². The number of primary amides is 1. The van der Waals surface area contributed by atoms with Crippen LogP contribution in [0.15, 0.2) is 24.8 Å². The second kappa shape index (κ2) is 6.04. The Hall–Kier alpha value is -2.74. The molecule has 0 saturated heterocycles. The number of hydrogen-bond donors (Lipinski definition) is 3. The highest BCUT2D eigenvalue weighted by molar-refractivity contribution is 5.98. The molecule has 24 heavy (non-hydrogen) atoms. The van der Waals surface area contributed by atoms with E-state index in [2.05, 4.69) is 25.6 Å². The van der Waals surface area contributed by atoms with Gasteiger partial charge < -0.3 is 11.1 Å². The Morgan fingerprint density at radius 3 is 3.21 bits per heavy atom. The summed E-state index contributed by atoms with van der Waals surface area (Å²) in [5.74, 6) is -0.0213. The van der Waals surface area contributed by atoms with Gasteiger partial charge in [-0.2, -0.15) is 10.2 Å². The van der Waals surface area contributed by atoms with E-state index in [1.807, 2.05) is 12.4 Å². The van der Waals surface area contributed by atoms with Gasteiger partial charge in [-0.1, -0.05) is 0 Å². The minimum absolute atomic E-state index is 0.337. The highest BCUT2D eigenvalue weighted by atomic mass is 16.1. The van der Waals surface area contributed by atoms with Gasteiger partial charge in [0.05, 0.1) is 12.4 Å². The van der Waals surface area contributed by atoms with E-state index in [9.17, 15) is 4.79 Å². The predicted octanol–water partition coefficient (Wildman–Crippen LogP) is 0.761. The Bertz CT molecular complexity index is 882. The summed E-state index contributed by atoms with van der Waals surface area (Å²) in [6, 6.07) is 0. The van der Waals surface area contributed by atoms with Gasteiger partial charge in [0.25, 0.3) is 5.91 Å². The number of aromatic nitrogens is 5. The van der Waals surface area contributed by atoms with Crippen LogP contribution in [0.2, 0.25) is 0 Å². The molecule has 0 fully saturated rings. The number of amides is 1. The van der Waals surface area contributed by atoms with Gasteiger partial charge in [0, 0.05) is 36.7 Å². The first-order valence-electron chi connectivity index (χ1n) is 8.07. The Kier molecular flexibility index (Phi) is 3.73. The first-order valence-corrected chi connectivity index (χ1v) is 8.07. The molecule has 8 heteroatoms. The highest BCUT2D eigenvalue weighted by Gasteiger charge is 2.21. The summed E-state index contributed by atoms with van der Waals surface area (Å²) in [5.41, 5.74) is 9.74. The molecule has 0 bridgehead atoms. The van der Waals surface area contributed by atoms with Crippen LogP contribution in [0.4, 0.5) is 0 Å². The Labute approximate surface area is 138 Å². The minimum atomic E-state index is -0.517. The normalized spacial score (nSPS) is 17.1. The minimum Gasteiger partial charge on any atom is -0.365 e. The summed E-state index contributed by atoms with van der Waals surface area (Å²) < 4.78 is 1.59. The summed E-state index contributed by atoms with van der Waals surface area (Å²) in [5, 5.41) is 14.9. The van der Waals surface area contributed by atoms with E-state index < -0.39 is 5.91 Å². The number of aromatic amines is 1. The quantitative estimate of drug-likeness (QED) is 0.641. The number of fused-ring (bicyclic) bond motifs is 2. The van der Waals surface area contributed by atoms with Crippen molar-refractivity contribution < 1.29 is 4.79 Å². The number of nitrogens with two attached hydrogens (primary N) is 1. The number of carbonyl (C=O) groups excluding carboxylic acids is 1. The van der Waals surface area contributed by atoms with E-state index in [0.717, 1.165) is 18.5 Å². The molecule has 1 unspecified atom stereocenters. The number of carbonyl (C=O) groups is 1. The maximum absolute atomic E-state index is 11.3. The molecule has 0 aromatic carbocycles. The highest BCUT2D eigenvalue weighted by Crippen LogP contribution is 2.29. The molecule has 3 aromatic rings. The molecule has 3 aromatic heterocycles. The van der Waals surface area contributed by atoms with Crippen LogP contribution in [0, 0.1) is 0 Å². The maximum Gasteiger partial charge on any atom is 0.254 e. The number of aryl methyl sites for hydroxylation is 1. The van der Waals surface area contributed by atoms with Crippen LogP contribution in [0.3, 0.4) is 0 Å². The van der Waals surface area contributed by atoms with Crippen molar-refractivity contribution in [1.82, 2.24) is 30.1 Å². The smallest absolute Gasteiger partial charge is 0.254 e. The average molecular weight is 325 g/mol. The van der Waals surface area contributed by atoms with Crippen molar-refractivity contribution in [2.24, 2.45) is 5.73 Å². The third-order valence-corrected chi connectivity index (χ3v) is 4.57. The van der Waals surface area contributed by atoms with Crippen LogP contribution in [-0.4, -0.2) is 37.2 Å². The zero-order valence-corrected chi connectivity index (χ0v) is 13.2. The summed E-state index contributed by atoms with van der Waals surface area (Å²) in [7, 11) is 0. The molecule has 3 heterocycles. The largest absolute Gasteiger partial charge is 0.365 e. The molecule has 0 aliphatic heterocycles. The van der Waals surface area contributed by atoms with E-state index >= 15 is 0 Å². The third kappa shape index (κ3) is 2.65. The lowest BCUT2D eigenvalue weighted by molar-refractivity contribution is 0.100. The van der Waals surface area contributed by atoms with Gasteiger partial charge in [-0.15, -0.1) is 0 Å². The Morgan fingerprint density at radius 1 is 1.42 bits per heavy atom. The van der Waals surface area contributed by atoms with E-state index in [4.69, 9.17) is 5.73 Å². The van der Waals surface area contributed by atoms with Crippen LogP contribution in [0.25, 0.3) is 5.65 Å². The molecular formula is C16H19N7O. The molecule has 124 valence electrons. The van der Waals surface area contributed by atoms with Crippen LogP contribution < -0.4 is 11.1 Å². The van der Waals surface area contributed by atoms with Crippen LogP contribution >= 0.6 is 0 Å². The molecule has 0 saturated carbocycles. The SMILES string of the molecule is NC(=O)c1cnn2cc(CNCC3CCCc4[nH]ncc43)cnc12. The number of hydrogen-bond acceptors (Lipinski definition) is 5. The molecule has 8 nitrogen and oxygen atoms in total. The second-order valence-electron chi connectivity index (χ2n) is 6.18. The zero-order valence-electron chi connectivity index (χ0n) is 13.2. The van der Waals surface area contributed by atoms with Crippen molar-refractivity contribution in [2.45, 2.75) is 31.7 Å². The zero-order chi connectivity index (χ0) is 16.5. The lowest BCUT2D eigenvalue weighted by Gasteiger charge is -2.22. The van der Waals surface area contributed by atoms with Gasteiger partial charge in [0.15, 0.2) is 5.65 Å². The number of nitrogens with one attached hydrogen (secondary N) is 2. The van der Waals surface area contributed by atoms with Crippen molar-refractivity contribution in [3.8, 4) is 0 Å². The topological polar surface area (TPSA) is 114 Å². The lowest BCUT2D eigenvalue weighted by Crippen LogP contribution is -2.24. The predicted molar refractivity (Wildman–Crippen MR) is 87.5 cm³/mol. The number of nitrogens with zero attached hydrogens (tertiary/aromatic N) is 4. The summed E-state index contributed by atoms with van der Waals surface area (Å²) in [6.45, 7) is 1.59. The maximum atomic E-state index is 11.3. The van der Waals surface area contributed by atoms with Crippen LogP contribution in [0.1, 0.15) is 45.9 Å². The van der Waals surface area contributed by atoms with E-state index in [1.54, 1.807) is 10.7 Å². The fourth-order valence-corrected chi connectivity index (χ4v) is 3.34.